The van der Waals surface area contributed by atoms with E-state index < -0.39 is 11.1 Å². The number of amides is 1. The Morgan fingerprint density at radius 3 is 2.52 bits per heavy atom. The second kappa shape index (κ2) is 6.02. The lowest BCUT2D eigenvalue weighted by atomic mass is 9.83. The number of rotatable bonds is 2. The van der Waals surface area contributed by atoms with Crippen molar-refractivity contribution in [2.75, 3.05) is 20.1 Å². The molecule has 0 bridgehead atoms. The molecule has 2 heterocycles. The minimum Gasteiger partial charge on any atom is -0.444 e. The normalized spacial score (nSPS) is 18.1. The molecule has 1 saturated heterocycles. The van der Waals surface area contributed by atoms with Crippen LogP contribution >= 0.6 is 0 Å². The summed E-state index contributed by atoms with van der Waals surface area (Å²) in [6.07, 6.45) is 3.15. The minimum absolute atomic E-state index is 0.296. The molecule has 1 N–H and O–H groups in total. The third-order valence-corrected chi connectivity index (χ3v) is 3.88. The summed E-state index contributed by atoms with van der Waals surface area (Å²) in [5.41, 5.74) is 0.0400. The van der Waals surface area contributed by atoms with Crippen molar-refractivity contribution < 1.29 is 9.53 Å². The number of hydrogen-bond acceptors (Lipinski definition) is 4. The highest BCUT2D eigenvalue weighted by Gasteiger charge is 2.42. The summed E-state index contributed by atoms with van der Waals surface area (Å²) in [5.74, 6) is 0. The van der Waals surface area contributed by atoms with Gasteiger partial charge < -0.3 is 10.1 Å². The lowest BCUT2D eigenvalue weighted by molar-refractivity contribution is -0.00480. The maximum absolute atomic E-state index is 12.5. The fraction of sp³-hybridized carbons (Fsp3) is 0.625. The number of nitrogens with one attached hydrogen (secondary N) is 1. The van der Waals surface area contributed by atoms with Crippen molar-refractivity contribution in [2.45, 2.75) is 44.8 Å². The molecule has 5 heteroatoms. The first-order valence-electron chi connectivity index (χ1n) is 7.44. The van der Waals surface area contributed by atoms with Gasteiger partial charge in [-0.05, 0) is 58.8 Å². The van der Waals surface area contributed by atoms with E-state index in [-0.39, 0.29) is 6.09 Å². The molecule has 0 saturated carbocycles. The van der Waals surface area contributed by atoms with E-state index in [1.54, 1.807) is 11.1 Å². The molecule has 1 aliphatic rings. The largest absolute Gasteiger partial charge is 0.444 e. The van der Waals surface area contributed by atoms with Gasteiger partial charge in [0.15, 0.2) is 0 Å². The number of pyridine rings is 1. The standard InChI is InChI=1S/C16H25N3O2/c1-15(2,3)21-14(20)19(4)16(8-11-17-12-9-16)13-7-5-6-10-18-13/h5-7,10,17H,8-9,11-12H2,1-4H3. The van der Waals surface area contributed by atoms with E-state index in [2.05, 4.69) is 10.3 Å². The van der Waals surface area contributed by atoms with E-state index in [1.807, 2.05) is 46.0 Å². The van der Waals surface area contributed by atoms with E-state index >= 15 is 0 Å². The molecule has 116 valence electrons. The second-order valence-corrected chi connectivity index (χ2v) is 6.54. The molecule has 1 aliphatic heterocycles. The molecule has 0 spiro atoms. The maximum Gasteiger partial charge on any atom is 0.410 e. The highest BCUT2D eigenvalue weighted by Crippen LogP contribution is 2.35. The van der Waals surface area contributed by atoms with Crippen molar-refractivity contribution in [3.05, 3.63) is 30.1 Å². The minimum atomic E-state index is -0.496. The Balaban J connectivity index is 2.30. The van der Waals surface area contributed by atoms with Crippen molar-refractivity contribution in [3.63, 3.8) is 0 Å². The summed E-state index contributed by atoms with van der Waals surface area (Å²) in [5, 5.41) is 3.34. The molecule has 0 atom stereocenters. The van der Waals surface area contributed by atoms with Gasteiger partial charge >= 0.3 is 6.09 Å². The zero-order valence-corrected chi connectivity index (χ0v) is 13.3. The van der Waals surface area contributed by atoms with Gasteiger partial charge in [0.25, 0.3) is 0 Å². The molecule has 0 aliphatic carbocycles. The van der Waals surface area contributed by atoms with Crippen molar-refractivity contribution in [1.29, 1.82) is 0 Å². The van der Waals surface area contributed by atoms with Gasteiger partial charge in [0, 0.05) is 13.2 Å². The Morgan fingerprint density at radius 1 is 1.33 bits per heavy atom. The van der Waals surface area contributed by atoms with Gasteiger partial charge in [-0.1, -0.05) is 6.07 Å². The predicted molar refractivity (Wildman–Crippen MR) is 82.0 cm³/mol. The van der Waals surface area contributed by atoms with Crippen molar-refractivity contribution in [1.82, 2.24) is 15.2 Å². The van der Waals surface area contributed by atoms with Crippen LogP contribution in [0.3, 0.4) is 0 Å². The fourth-order valence-electron chi connectivity index (χ4n) is 2.75. The number of aromatic nitrogens is 1. The monoisotopic (exact) mass is 291 g/mol. The average molecular weight is 291 g/mol. The van der Waals surface area contributed by atoms with E-state index in [0.717, 1.165) is 31.6 Å². The van der Waals surface area contributed by atoms with Crippen LogP contribution in [0.1, 0.15) is 39.3 Å². The Morgan fingerprint density at radius 2 is 2.00 bits per heavy atom. The molecule has 21 heavy (non-hydrogen) atoms. The molecule has 2 rings (SSSR count). The van der Waals surface area contributed by atoms with Gasteiger partial charge in [-0.3, -0.25) is 9.88 Å². The zero-order chi connectivity index (χ0) is 15.5. The lowest BCUT2D eigenvalue weighted by Crippen LogP contribution is -2.54. The topological polar surface area (TPSA) is 54.5 Å². The number of ether oxygens (including phenoxy) is 1. The summed E-state index contributed by atoms with van der Waals surface area (Å²) < 4.78 is 5.54. The van der Waals surface area contributed by atoms with E-state index in [9.17, 15) is 4.79 Å². The number of carbonyl (C=O) groups is 1. The quantitative estimate of drug-likeness (QED) is 0.909. The summed E-state index contributed by atoms with van der Waals surface area (Å²) in [6, 6.07) is 5.85. The van der Waals surface area contributed by atoms with Gasteiger partial charge in [-0.15, -0.1) is 0 Å². The smallest absolute Gasteiger partial charge is 0.410 e. The fourth-order valence-corrected chi connectivity index (χ4v) is 2.75. The number of hydrogen-bond donors (Lipinski definition) is 1. The van der Waals surface area contributed by atoms with Crippen LogP contribution in [-0.4, -0.2) is 41.7 Å². The van der Waals surface area contributed by atoms with Gasteiger partial charge in [0.1, 0.15) is 5.60 Å². The van der Waals surface area contributed by atoms with Gasteiger partial charge in [-0.2, -0.15) is 0 Å². The van der Waals surface area contributed by atoms with Gasteiger partial charge in [0.2, 0.25) is 0 Å². The molecular weight excluding hydrogens is 266 g/mol. The van der Waals surface area contributed by atoms with Crippen LogP contribution in [0.4, 0.5) is 4.79 Å². The Hall–Kier alpha value is -1.62. The van der Waals surface area contributed by atoms with Crippen LogP contribution in [0.15, 0.2) is 24.4 Å². The highest BCUT2D eigenvalue weighted by molar-refractivity contribution is 5.69. The molecule has 5 nitrogen and oxygen atoms in total. The first-order chi connectivity index (χ1) is 9.85. The summed E-state index contributed by atoms with van der Waals surface area (Å²) in [7, 11) is 1.81. The maximum atomic E-state index is 12.5. The SMILES string of the molecule is CN(C(=O)OC(C)(C)C)C1(c2ccccn2)CCNCC1. The van der Waals surface area contributed by atoms with Crippen molar-refractivity contribution >= 4 is 6.09 Å². The van der Waals surface area contributed by atoms with Crippen LogP contribution in [0.25, 0.3) is 0 Å². The van der Waals surface area contributed by atoms with Crippen LogP contribution in [0.5, 0.6) is 0 Å². The Kier molecular flexibility index (Phi) is 4.52. The van der Waals surface area contributed by atoms with Crippen LogP contribution in [0, 0.1) is 0 Å². The third kappa shape index (κ3) is 3.53. The van der Waals surface area contributed by atoms with Crippen molar-refractivity contribution in [3.8, 4) is 0 Å². The Labute approximate surface area is 126 Å². The lowest BCUT2D eigenvalue weighted by Gasteiger charge is -2.44. The van der Waals surface area contributed by atoms with E-state index in [0.29, 0.717) is 0 Å². The van der Waals surface area contributed by atoms with Crippen LogP contribution < -0.4 is 5.32 Å². The molecule has 1 aromatic rings. The molecule has 1 amide bonds. The number of carbonyl (C=O) groups excluding carboxylic acids is 1. The molecule has 0 aromatic carbocycles. The summed E-state index contributed by atoms with van der Waals surface area (Å²) in [6.45, 7) is 7.38. The van der Waals surface area contributed by atoms with Crippen LogP contribution in [-0.2, 0) is 10.3 Å². The predicted octanol–water partition coefficient (Wildman–Crippen LogP) is 2.53. The Bertz CT molecular complexity index is 476. The van der Waals surface area contributed by atoms with Crippen molar-refractivity contribution in [2.24, 2.45) is 0 Å². The first kappa shape index (κ1) is 15.8. The molecule has 0 radical (unpaired) electrons. The first-order valence-corrected chi connectivity index (χ1v) is 7.44. The van der Waals surface area contributed by atoms with E-state index in [1.165, 1.54) is 0 Å². The van der Waals surface area contributed by atoms with Gasteiger partial charge in [-0.25, -0.2) is 4.79 Å². The summed E-state index contributed by atoms with van der Waals surface area (Å²) >= 11 is 0. The molecular formula is C16H25N3O2. The number of nitrogens with zero attached hydrogens (tertiary/aromatic N) is 2. The molecule has 0 unspecified atom stereocenters. The second-order valence-electron chi connectivity index (χ2n) is 6.54. The summed E-state index contributed by atoms with van der Waals surface area (Å²) in [4.78, 5) is 18.7. The van der Waals surface area contributed by atoms with Gasteiger partial charge in [0.05, 0.1) is 11.2 Å². The van der Waals surface area contributed by atoms with E-state index in [4.69, 9.17) is 4.74 Å². The highest BCUT2D eigenvalue weighted by atomic mass is 16.6. The molecule has 1 aromatic heterocycles. The zero-order valence-electron chi connectivity index (χ0n) is 13.3. The van der Waals surface area contributed by atoms with Crippen LogP contribution in [0.2, 0.25) is 0 Å². The number of piperidine rings is 1. The molecule has 1 fully saturated rings. The third-order valence-electron chi connectivity index (χ3n) is 3.88. The average Bonchev–Trinajstić information content (AvgIpc) is 2.46.